The number of hydrogen-bond acceptors (Lipinski definition) is 9. The van der Waals surface area contributed by atoms with Gasteiger partial charge >= 0.3 is 12.1 Å². The third kappa shape index (κ3) is 5.38. The number of phenols is 1. The summed E-state index contributed by atoms with van der Waals surface area (Å²) >= 11 is 0. The minimum atomic E-state index is -0.320. The van der Waals surface area contributed by atoms with E-state index in [9.17, 15) is 9.90 Å². The molecular weight excluding hydrogens is 613 g/mol. The summed E-state index contributed by atoms with van der Waals surface area (Å²) in [5.74, 6) is 0.692. The summed E-state index contributed by atoms with van der Waals surface area (Å²) in [6.45, 7) is 5.40. The van der Waals surface area contributed by atoms with Crippen LogP contribution in [0.5, 0.6) is 11.8 Å². The second-order valence-corrected chi connectivity index (χ2v) is 14.3. The van der Waals surface area contributed by atoms with Gasteiger partial charge in [-0.3, -0.25) is 4.90 Å². The van der Waals surface area contributed by atoms with Crippen molar-refractivity contribution in [3.8, 4) is 22.9 Å². The molecule has 4 aliphatic rings. The number of ether oxygens (including phenoxy) is 2. The Kier molecular flexibility index (Phi) is 7.82. The van der Waals surface area contributed by atoms with Gasteiger partial charge in [0, 0.05) is 57.1 Å². The van der Waals surface area contributed by atoms with Crippen molar-refractivity contribution >= 4 is 28.2 Å². The van der Waals surface area contributed by atoms with Crippen molar-refractivity contribution in [2.24, 2.45) is 0 Å². The highest BCUT2D eigenvalue weighted by atomic mass is 19.1. The van der Waals surface area contributed by atoms with Crippen LogP contribution in [-0.2, 0) is 11.2 Å². The first-order valence-corrected chi connectivity index (χ1v) is 17.3. The number of piperazine rings is 1. The van der Waals surface area contributed by atoms with Gasteiger partial charge in [-0.05, 0) is 97.7 Å². The number of carbonyl (C=O) groups is 1. The summed E-state index contributed by atoms with van der Waals surface area (Å²) in [4.78, 5) is 23.5. The molecule has 48 heavy (non-hydrogen) atoms. The molecule has 4 saturated heterocycles. The molecule has 2 aromatic carbocycles. The average molecular weight is 658 g/mol. The first-order chi connectivity index (χ1) is 23.2. The van der Waals surface area contributed by atoms with E-state index in [0.29, 0.717) is 43.3 Å². The summed E-state index contributed by atoms with van der Waals surface area (Å²) in [7, 11) is 3.40. The van der Waals surface area contributed by atoms with E-state index in [1.165, 1.54) is 11.0 Å². The van der Waals surface area contributed by atoms with Crippen LogP contribution in [0.2, 0.25) is 0 Å². The second-order valence-electron chi connectivity index (χ2n) is 14.3. The molecule has 8 rings (SSSR count). The molecule has 254 valence electrons. The lowest BCUT2D eigenvalue weighted by Crippen LogP contribution is -2.51. The van der Waals surface area contributed by atoms with Gasteiger partial charge in [-0.25, -0.2) is 13.7 Å². The number of aromatic hydroxyl groups is 1. The number of rotatable bonds is 8. The fourth-order valence-electron chi connectivity index (χ4n) is 8.73. The van der Waals surface area contributed by atoms with E-state index in [1.807, 2.05) is 17.6 Å². The van der Waals surface area contributed by atoms with Crippen molar-refractivity contribution in [3.05, 3.63) is 47.9 Å². The van der Waals surface area contributed by atoms with Crippen LogP contribution in [0.1, 0.15) is 51.0 Å². The summed E-state index contributed by atoms with van der Waals surface area (Å²) in [5.41, 5.74) is 2.90. The van der Waals surface area contributed by atoms with Crippen molar-refractivity contribution in [2.45, 2.75) is 75.5 Å². The van der Waals surface area contributed by atoms with Crippen LogP contribution in [0, 0.1) is 5.82 Å². The molecule has 4 fully saturated rings. The molecule has 1 amide bonds. The Morgan fingerprint density at radius 3 is 2.73 bits per heavy atom. The standard InChI is InChI=1S/C36H44FN7O4/c1-4-28-30(37)9-6-22-14-27(45)16-29(32(22)28)23-15-31-33(42-18-24-7-8-25(19-42)38-24)39-34(40-44(31)17-23)48-21-36-11-5-13-43(36)26(10-12-36)20-47-35(46)41(2)3/h6,9,14-17,24-26,38,45H,4-5,7-8,10-13,18-21H2,1-3H3/t24?,25?,26-,36-/m1/s1. The molecule has 0 spiro atoms. The fraction of sp³-hybridized carbons (Fsp3) is 0.528. The summed E-state index contributed by atoms with van der Waals surface area (Å²) in [6, 6.07) is 9.94. The summed E-state index contributed by atoms with van der Waals surface area (Å²) < 4.78 is 29.0. The third-order valence-corrected chi connectivity index (χ3v) is 11.0. The van der Waals surface area contributed by atoms with Gasteiger partial charge in [-0.15, -0.1) is 5.10 Å². The van der Waals surface area contributed by atoms with Gasteiger partial charge in [-0.1, -0.05) is 13.0 Å². The van der Waals surface area contributed by atoms with Crippen molar-refractivity contribution in [1.29, 1.82) is 0 Å². The monoisotopic (exact) mass is 657 g/mol. The van der Waals surface area contributed by atoms with E-state index in [2.05, 4.69) is 21.2 Å². The number of aromatic nitrogens is 3. The lowest BCUT2D eigenvalue weighted by atomic mass is 9.94. The molecule has 2 aromatic heterocycles. The van der Waals surface area contributed by atoms with Gasteiger partial charge in [0.1, 0.15) is 30.3 Å². The van der Waals surface area contributed by atoms with Gasteiger partial charge in [0.15, 0.2) is 5.82 Å². The second kappa shape index (κ2) is 12.1. The topological polar surface area (TPSA) is 108 Å². The highest BCUT2D eigenvalue weighted by molar-refractivity contribution is 6.01. The van der Waals surface area contributed by atoms with Crippen molar-refractivity contribution in [2.75, 3.05) is 51.8 Å². The number of carbonyl (C=O) groups excluding carboxylic acids is 1. The number of halogens is 1. The molecule has 4 aliphatic heterocycles. The first kappa shape index (κ1) is 31.1. The van der Waals surface area contributed by atoms with Crippen molar-refractivity contribution in [1.82, 2.24) is 29.7 Å². The first-order valence-electron chi connectivity index (χ1n) is 17.3. The number of nitrogens with zero attached hydrogens (tertiary/aromatic N) is 6. The third-order valence-electron chi connectivity index (χ3n) is 11.0. The molecule has 11 nitrogen and oxygen atoms in total. The van der Waals surface area contributed by atoms with Gasteiger partial charge in [0.2, 0.25) is 0 Å². The van der Waals surface area contributed by atoms with Crippen LogP contribution < -0.4 is 15.0 Å². The SMILES string of the molecule is CCc1c(F)ccc2cc(O)cc(-c3cc4c(N5CC6CCC(C5)N6)nc(OC[C@]56CCCN5[C@@H](COC(=O)N(C)C)CC6)nn4c3)c12. The van der Waals surface area contributed by atoms with Gasteiger partial charge in [0.25, 0.3) is 0 Å². The number of amides is 1. The number of aryl methyl sites for hydroxylation is 1. The maximum Gasteiger partial charge on any atom is 0.409 e. The number of anilines is 1. The number of hydrogen-bond donors (Lipinski definition) is 2. The van der Waals surface area contributed by atoms with Crippen LogP contribution in [-0.4, -0.2) is 106 Å². The lowest BCUT2D eigenvalue weighted by Gasteiger charge is -2.35. The molecule has 12 heteroatoms. The zero-order chi connectivity index (χ0) is 33.2. The zero-order valence-corrected chi connectivity index (χ0v) is 27.9. The predicted octanol–water partition coefficient (Wildman–Crippen LogP) is 4.97. The Hall–Kier alpha value is -4.16. The Morgan fingerprint density at radius 2 is 1.96 bits per heavy atom. The summed E-state index contributed by atoms with van der Waals surface area (Å²) in [5, 5.41) is 20.9. The van der Waals surface area contributed by atoms with Gasteiger partial charge < -0.3 is 29.7 Å². The average Bonchev–Trinajstić information content (AvgIpc) is 3.85. The molecular formula is C36H44FN7O4. The van der Waals surface area contributed by atoms with Crippen LogP contribution >= 0.6 is 0 Å². The smallest absolute Gasteiger partial charge is 0.409 e. The number of phenolic OH excluding ortho intramolecular Hbond substituents is 1. The van der Waals surface area contributed by atoms with Crippen molar-refractivity contribution < 1.29 is 23.8 Å². The van der Waals surface area contributed by atoms with Gasteiger partial charge in [0.05, 0.1) is 5.54 Å². The molecule has 2 bridgehead atoms. The maximum absolute atomic E-state index is 15.1. The predicted molar refractivity (Wildman–Crippen MR) is 181 cm³/mol. The Morgan fingerprint density at radius 1 is 1.15 bits per heavy atom. The fourth-order valence-corrected chi connectivity index (χ4v) is 8.73. The Bertz CT molecular complexity index is 1870. The number of benzene rings is 2. The molecule has 6 heterocycles. The van der Waals surface area contributed by atoms with E-state index in [4.69, 9.17) is 19.6 Å². The van der Waals surface area contributed by atoms with Gasteiger partial charge in [-0.2, -0.15) is 4.98 Å². The minimum Gasteiger partial charge on any atom is -0.508 e. The van der Waals surface area contributed by atoms with Crippen LogP contribution in [0.3, 0.4) is 0 Å². The van der Waals surface area contributed by atoms with E-state index in [0.717, 1.165) is 91.4 Å². The number of fused-ring (bicyclic) bond motifs is 5. The molecule has 4 aromatic rings. The molecule has 0 aliphatic carbocycles. The number of nitrogens with one attached hydrogen (secondary N) is 1. The van der Waals surface area contributed by atoms with Crippen LogP contribution in [0.4, 0.5) is 15.0 Å². The van der Waals surface area contributed by atoms with E-state index in [1.54, 1.807) is 32.3 Å². The van der Waals surface area contributed by atoms with Crippen LogP contribution in [0.15, 0.2) is 36.5 Å². The van der Waals surface area contributed by atoms with E-state index < -0.39 is 0 Å². The van der Waals surface area contributed by atoms with E-state index in [-0.39, 0.29) is 29.2 Å². The molecule has 2 N–H and O–H groups in total. The minimum absolute atomic E-state index is 0.127. The molecule has 0 radical (unpaired) electrons. The normalized spacial score (nSPS) is 25.2. The van der Waals surface area contributed by atoms with E-state index >= 15 is 4.39 Å². The molecule has 0 saturated carbocycles. The highest BCUT2D eigenvalue weighted by Gasteiger charge is 2.50. The van der Waals surface area contributed by atoms with Crippen LogP contribution in [0.25, 0.3) is 27.4 Å². The highest BCUT2D eigenvalue weighted by Crippen LogP contribution is 2.43. The Labute approximate surface area is 279 Å². The largest absolute Gasteiger partial charge is 0.508 e. The Balaban J connectivity index is 1.15. The lowest BCUT2D eigenvalue weighted by molar-refractivity contribution is 0.0480. The molecule has 2 unspecified atom stereocenters. The molecule has 4 atom stereocenters. The summed E-state index contributed by atoms with van der Waals surface area (Å²) in [6.07, 6.45) is 8.40. The zero-order valence-electron chi connectivity index (χ0n) is 27.9. The maximum atomic E-state index is 15.1. The van der Waals surface area contributed by atoms with Crippen molar-refractivity contribution in [3.63, 3.8) is 0 Å². The quantitative estimate of drug-likeness (QED) is 0.272.